The topological polar surface area (TPSA) is 21.3 Å². The van der Waals surface area contributed by atoms with Gasteiger partial charge in [-0.3, -0.25) is 0 Å². The molecule has 0 amide bonds. The van der Waals surface area contributed by atoms with Crippen molar-refractivity contribution in [1.29, 1.82) is 0 Å². The molecule has 2 nitrogen and oxygen atoms in total. The van der Waals surface area contributed by atoms with Crippen LogP contribution in [0.2, 0.25) is 0 Å². The number of ether oxygens (including phenoxy) is 1. The summed E-state index contributed by atoms with van der Waals surface area (Å²) in [7, 11) is 0. The number of hydrogen-bond acceptors (Lipinski definition) is 2. The number of nitrogens with one attached hydrogen (secondary N) is 1. The van der Waals surface area contributed by atoms with Crippen LogP contribution in [0.15, 0.2) is 0 Å². The normalized spacial score (nSPS) is 50.7. The Kier molecular flexibility index (Phi) is 3.22. The van der Waals surface area contributed by atoms with E-state index in [-0.39, 0.29) is 0 Å². The molecule has 2 heteroatoms. The molecule has 0 aromatic carbocycles. The molecule has 2 saturated carbocycles. The van der Waals surface area contributed by atoms with E-state index < -0.39 is 0 Å². The van der Waals surface area contributed by atoms with Crippen molar-refractivity contribution in [3.63, 3.8) is 0 Å². The minimum Gasteiger partial charge on any atom is -0.377 e. The summed E-state index contributed by atoms with van der Waals surface area (Å²) in [4.78, 5) is 0. The molecule has 6 atom stereocenters. The first-order chi connectivity index (χ1) is 8.50. The smallest absolute Gasteiger partial charge is 0.0685 e. The van der Waals surface area contributed by atoms with Crippen LogP contribution in [0.3, 0.4) is 0 Å². The van der Waals surface area contributed by atoms with Crippen molar-refractivity contribution in [3.05, 3.63) is 0 Å². The van der Waals surface area contributed by atoms with Crippen molar-refractivity contribution < 1.29 is 4.74 Å². The predicted molar refractivity (Wildman–Crippen MR) is 74.5 cm³/mol. The van der Waals surface area contributed by atoms with Crippen LogP contribution in [0.5, 0.6) is 0 Å². The molecule has 3 aliphatic rings. The van der Waals surface area contributed by atoms with Gasteiger partial charge in [0.1, 0.15) is 0 Å². The van der Waals surface area contributed by atoms with E-state index in [1.165, 1.54) is 25.7 Å². The Morgan fingerprint density at radius 3 is 2.56 bits per heavy atom. The standard InChI is InChI=1S/C16H29NO/c1-10-5-6-12(9-11(10)2)17-14-13-7-8-18-15(13)16(14,3)4/h10-15,17H,5-9H2,1-4H3. The lowest BCUT2D eigenvalue weighted by Crippen LogP contribution is -2.67. The van der Waals surface area contributed by atoms with E-state index in [9.17, 15) is 0 Å². The lowest BCUT2D eigenvalue weighted by Gasteiger charge is -2.56. The van der Waals surface area contributed by atoms with Gasteiger partial charge in [-0.25, -0.2) is 0 Å². The lowest BCUT2D eigenvalue weighted by molar-refractivity contribution is -0.117. The van der Waals surface area contributed by atoms with E-state index in [0.29, 0.717) is 17.6 Å². The predicted octanol–water partition coefficient (Wildman–Crippen LogP) is 3.21. The van der Waals surface area contributed by atoms with Gasteiger partial charge in [0.25, 0.3) is 0 Å². The zero-order valence-corrected chi connectivity index (χ0v) is 12.4. The highest BCUT2D eigenvalue weighted by molar-refractivity contribution is 5.12. The molecule has 6 unspecified atom stereocenters. The van der Waals surface area contributed by atoms with Gasteiger partial charge >= 0.3 is 0 Å². The van der Waals surface area contributed by atoms with Crippen LogP contribution in [0.4, 0.5) is 0 Å². The molecule has 1 N–H and O–H groups in total. The maximum atomic E-state index is 5.88. The second-order valence-corrected chi connectivity index (χ2v) is 7.67. The Morgan fingerprint density at radius 2 is 1.83 bits per heavy atom. The summed E-state index contributed by atoms with van der Waals surface area (Å²) >= 11 is 0. The van der Waals surface area contributed by atoms with Gasteiger partial charge in [0, 0.05) is 30.0 Å². The van der Waals surface area contributed by atoms with Crippen molar-refractivity contribution in [1.82, 2.24) is 5.32 Å². The maximum absolute atomic E-state index is 5.88. The van der Waals surface area contributed by atoms with E-state index in [1.807, 2.05) is 0 Å². The van der Waals surface area contributed by atoms with Gasteiger partial charge in [0.05, 0.1) is 6.10 Å². The Bertz CT molecular complexity index is 314. The van der Waals surface area contributed by atoms with E-state index in [4.69, 9.17) is 4.74 Å². The van der Waals surface area contributed by atoms with Gasteiger partial charge in [-0.2, -0.15) is 0 Å². The molecule has 0 bridgehead atoms. The summed E-state index contributed by atoms with van der Waals surface area (Å²) in [5.41, 5.74) is 0.341. The summed E-state index contributed by atoms with van der Waals surface area (Å²) < 4.78 is 5.88. The van der Waals surface area contributed by atoms with Gasteiger partial charge in [-0.15, -0.1) is 0 Å². The number of hydrogen-bond donors (Lipinski definition) is 1. The Hall–Kier alpha value is -0.0800. The summed E-state index contributed by atoms with van der Waals surface area (Å²) in [5.74, 6) is 2.59. The van der Waals surface area contributed by atoms with E-state index in [0.717, 1.165) is 30.4 Å². The molecule has 1 heterocycles. The molecule has 3 fully saturated rings. The maximum Gasteiger partial charge on any atom is 0.0685 e. The van der Waals surface area contributed by atoms with Crippen LogP contribution >= 0.6 is 0 Å². The van der Waals surface area contributed by atoms with Crippen LogP contribution < -0.4 is 5.32 Å². The van der Waals surface area contributed by atoms with Gasteiger partial charge in [-0.1, -0.05) is 27.7 Å². The lowest BCUT2D eigenvalue weighted by atomic mass is 9.57. The van der Waals surface area contributed by atoms with Gasteiger partial charge in [0.15, 0.2) is 0 Å². The van der Waals surface area contributed by atoms with Crippen molar-refractivity contribution in [3.8, 4) is 0 Å². The van der Waals surface area contributed by atoms with Gasteiger partial charge < -0.3 is 10.1 Å². The highest BCUT2D eigenvalue weighted by atomic mass is 16.5. The Morgan fingerprint density at radius 1 is 1.06 bits per heavy atom. The highest BCUT2D eigenvalue weighted by Crippen LogP contribution is 2.52. The average Bonchev–Trinajstić information content (AvgIpc) is 2.77. The molecule has 1 aliphatic heterocycles. The molecular weight excluding hydrogens is 222 g/mol. The second-order valence-electron chi connectivity index (χ2n) is 7.67. The minimum absolute atomic E-state index is 0.341. The summed E-state index contributed by atoms with van der Waals surface area (Å²) in [6.45, 7) is 10.6. The quantitative estimate of drug-likeness (QED) is 0.813. The zero-order valence-electron chi connectivity index (χ0n) is 12.4. The van der Waals surface area contributed by atoms with Crippen molar-refractivity contribution in [2.24, 2.45) is 23.2 Å². The third-order valence-corrected chi connectivity index (χ3v) is 6.11. The molecule has 1 saturated heterocycles. The monoisotopic (exact) mass is 251 g/mol. The Labute approximate surface area is 112 Å². The SMILES string of the molecule is CC1CCC(NC2C3CCOC3C2(C)C)CC1C. The van der Waals surface area contributed by atoms with Crippen LogP contribution in [-0.4, -0.2) is 24.8 Å². The molecule has 0 aromatic heterocycles. The van der Waals surface area contributed by atoms with Crippen LogP contribution in [0, 0.1) is 23.2 Å². The molecule has 2 aliphatic carbocycles. The van der Waals surface area contributed by atoms with E-state index in [1.54, 1.807) is 0 Å². The first kappa shape index (κ1) is 12.9. The average molecular weight is 251 g/mol. The van der Waals surface area contributed by atoms with Crippen molar-refractivity contribution >= 4 is 0 Å². The molecule has 0 spiro atoms. The van der Waals surface area contributed by atoms with Gasteiger partial charge in [-0.05, 0) is 37.5 Å². The van der Waals surface area contributed by atoms with Crippen molar-refractivity contribution in [2.45, 2.75) is 71.6 Å². The first-order valence-corrected chi connectivity index (χ1v) is 7.88. The summed E-state index contributed by atoms with van der Waals surface area (Å²) in [5, 5.41) is 3.99. The van der Waals surface area contributed by atoms with E-state index in [2.05, 4.69) is 33.0 Å². The zero-order chi connectivity index (χ0) is 12.9. The first-order valence-electron chi connectivity index (χ1n) is 7.88. The van der Waals surface area contributed by atoms with E-state index >= 15 is 0 Å². The Balaban J connectivity index is 1.60. The van der Waals surface area contributed by atoms with Crippen molar-refractivity contribution in [2.75, 3.05) is 6.61 Å². The minimum atomic E-state index is 0.341. The largest absolute Gasteiger partial charge is 0.377 e. The number of rotatable bonds is 2. The fraction of sp³-hybridized carbons (Fsp3) is 1.00. The third-order valence-electron chi connectivity index (χ3n) is 6.11. The van der Waals surface area contributed by atoms with Crippen LogP contribution in [0.25, 0.3) is 0 Å². The van der Waals surface area contributed by atoms with Gasteiger partial charge in [0.2, 0.25) is 0 Å². The molecule has 0 radical (unpaired) electrons. The second kappa shape index (κ2) is 4.49. The molecular formula is C16H29NO. The summed E-state index contributed by atoms with van der Waals surface area (Å²) in [6.07, 6.45) is 5.93. The fourth-order valence-corrected chi connectivity index (χ4v) is 4.62. The fourth-order valence-electron chi connectivity index (χ4n) is 4.62. The highest BCUT2D eigenvalue weighted by Gasteiger charge is 2.59. The van der Waals surface area contributed by atoms with Crippen LogP contribution in [-0.2, 0) is 4.74 Å². The molecule has 0 aromatic rings. The number of fused-ring (bicyclic) bond motifs is 1. The van der Waals surface area contributed by atoms with Crippen LogP contribution in [0.1, 0.15) is 53.4 Å². The third kappa shape index (κ3) is 1.92. The summed E-state index contributed by atoms with van der Waals surface area (Å²) in [6, 6.07) is 1.44. The molecule has 104 valence electrons. The molecule has 18 heavy (non-hydrogen) atoms. The molecule has 3 rings (SSSR count).